The summed E-state index contributed by atoms with van der Waals surface area (Å²) in [6, 6.07) is 0. The van der Waals surface area contributed by atoms with Gasteiger partial charge in [-0.2, -0.15) is 0 Å². The molecule has 0 radical (unpaired) electrons. The number of allylic oxidation sites excluding steroid dienone is 8. The first kappa shape index (κ1) is 53.5. The summed E-state index contributed by atoms with van der Waals surface area (Å²) < 4.78 is 34.6. The molecule has 2 unspecified atom stereocenters. The third kappa shape index (κ3) is 43.4. The second-order valence-corrected chi connectivity index (χ2v) is 17.4. The van der Waals surface area contributed by atoms with Crippen LogP contribution in [0.25, 0.3) is 0 Å². The summed E-state index contributed by atoms with van der Waals surface area (Å²) in [7, 11) is 1.34. The first-order valence-corrected chi connectivity index (χ1v) is 23.8. The van der Waals surface area contributed by atoms with Crippen LogP contribution in [0.3, 0.4) is 0 Å². The molecule has 0 spiro atoms. The summed E-state index contributed by atoms with van der Waals surface area (Å²) in [5, 5.41) is 0. The third-order valence-corrected chi connectivity index (χ3v) is 10.3. The standard InChI is InChI=1S/C46H86NO7P/c1-6-8-10-12-14-16-18-20-22-23-24-26-28-30-32-34-36-38-41-51-43-45(44-53-55(49,50)52-42-40-47(3,4)5)54-46(48)39-37-35-33-31-29-27-25-21-19-17-15-13-11-9-7-2/h9,11,15,17,20-22,25,45H,6-8,10,12-14,16,18-19,23-24,26-44H2,1-5H3/b11-9-,17-15-,22-20-,25-21-. The van der Waals surface area contributed by atoms with Gasteiger partial charge in [-0.05, 0) is 70.6 Å². The lowest BCUT2D eigenvalue weighted by atomic mass is 10.1. The fraction of sp³-hybridized carbons (Fsp3) is 0.804. The number of ether oxygens (including phenoxy) is 2. The first-order chi connectivity index (χ1) is 26.6. The molecule has 55 heavy (non-hydrogen) atoms. The summed E-state index contributed by atoms with van der Waals surface area (Å²) in [4.78, 5) is 25.0. The molecule has 0 aliphatic rings. The molecule has 0 aliphatic carbocycles. The van der Waals surface area contributed by atoms with E-state index >= 15 is 0 Å². The van der Waals surface area contributed by atoms with Gasteiger partial charge in [-0.1, -0.05) is 152 Å². The fourth-order valence-electron chi connectivity index (χ4n) is 5.91. The highest BCUT2D eigenvalue weighted by Crippen LogP contribution is 2.38. The zero-order chi connectivity index (χ0) is 40.6. The van der Waals surface area contributed by atoms with Crippen molar-refractivity contribution < 1.29 is 37.3 Å². The molecule has 0 amide bonds. The fourth-order valence-corrected chi connectivity index (χ4v) is 6.64. The first-order valence-electron chi connectivity index (χ1n) is 22.4. The van der Waals surface area contributed by atoms with Gasteiger partial charge in [0.05, 0.1) is 34.4 Å². The van der Waals surface area contributed by atoms with Crippen LogP contribution in [0.5, 0.6) is 0 Å². The largest absolute Gasteiger partial charge is 0.756 e. The molecule has 0 bridgehead atoms. The van der Waals surface area contributed by atoms with Crippen LogP contribution in [0.4, 0.5) is 0 Å². The molecular formula is C46H86NO7P. The van der Waals surface area contributed by atoms with E-state index in [1.54, 1.807) is 0 Å². The number of nitrogens with zero attached hydrogens (tertiary/aromatic N) is 1. The van der Waals surface area contributed by atoms with Gasteiger partial charge in [-0.15, -0.1) is 0 Å². The molecule has 8 nitrogen and oxygen atoms in total. The van der Waals surface area contributed by atoms with Crippen molar-refractivity contribution >= 4 is 13.8 Å². The smallest absolute Gasteiger partial charge is 0.306 e. The maximum Gasteiger partial charge on any atom is 0.306 e. The van der Waals surface area contributed by atoms with E-state index in [1.807, 2.05) is 21.1 Å². The maximum absolute atomic E-state index is 12.7. The molecule has 0 fully saturated rings. The molecule has 0 aliphatic heterocycles. The number of phosphoric acid groups is 1. The van der Waals surface area contributed by atoms with Crippen LogP contribution in [-0.2, 0) is 27.9 Å². The van der Waals surface area contributed by atoms with Crippen molar-refractivity contribution in [2.45, 2.75) is 187 Å². The van der Waals surface area contributed by atoms with Gasteiger partial charge in [0.25, 0.3) is 7.82 Å². The number of hydrogen-bond acceptors (Lipinski definition) is 7. The molecular weight excluding hydrogens is 709 g/mol. The van der Waals surface area contributed by atoms with Crippen LogP contribution in [0.15, 0.2) is 48.6 Å². The molecule has 0 saturated carbocycles. The average Bonchev–Trinajstić information content (AvgIpc) is 3.13. The number of esters is 1. The SMILES string of the molecule is CC/C=C\C/C=C\C/C=C\CCCCCCCC(=O)OC(COCCCCCCCCCC/C=C\CCCCCCCC)COP(=O)([O-])OCC[N+](C)(C)C. The number of carbonyl (C=O) groups excluding carboxylic acids is 1. The number of likely N-dealkylation sites (N-methyl/N-ethyl adjacent to an activating group) is 1. The van der Waals surface area contributed by atoms with Crippen LogP contribution in [0.2, 0.25) is 0 Å². The number of unbranched alkanes of at least 4 members (excludes halogenated alkanes) is 19. The predicted molar refractivity (Wildman–Crippen MR) is 231 cm³/mol. The van der Waals surface area contributed by atoms with Crippen molar-refractivity contribution in [3.63, 3.8) is 0 Å². The molecule has 0 N–H and O–H groups in total. The second-order valence-electron chi connectivity index (χ2n) is 16.0. The third-order valence-electron chi connectivity index (χ3n) is 9.36. The molecule has 9 heteroatoms. The quantitative estimate of drug-likeness (QED) is 0.0200. The highest BCUT2D eigenvalue weighted by atomic mass is 31.2. The van der Waals surface area contributed by atoms with Crippen molar-refractivity contribution in [3.8, 4) is 0 Å². The van der Waals surface area contributed by atoms with Crippen LogP contribution < -0.4 is 4.89 Å². The highest BCUT2D eigenvalue weighted by molar-refractivity contribution is 7.45. The normalized spacial score (nSPS) is 14.2. The Labute approximate surface area is 339 Å². The van der Waals surface area contributed by atoms with Gasteiger partial charge in [0.15, 0.2) is 0 Å². The summed E-state index contributed by atoms with van der Waals surface area (Å²) in [6.45, 7) is 5.27. The molecule has 0 aromatic rings. The van der Waals surface area contributed by atoms with Gasteiger partial charge >= 0.3 is 5.97 Å². The number of quaternary nitrogens is 1. The highest BCUT2D eigenvalue weighted by Gasteiger charge is 2.20. The molecule has 0 heterocycles. The van der Waals surface area contributed by atoms with Crippen molar-refractivity contribution in [1.29, 1.82) is 0 Å². The Morgan fingerprint density at radius 2 is 1.05 bits per heavy atom. The van der Waals surface area contributed by atoms with Crippen LogP contribution in [0.1, 0.15) is 181 Å². The molecule has 0 aromatic heterocycles. The van der Waals surface area contributed by atoms with Gasteiger partial charge in [-0.25, -0.2) is 0 Å². The minimum absolute atomic E-state index is 0.0206. The number of hydrogen-bond donors (Lipinski definition) is 0. The topological polar surface area (TPSA) is 94.1 Å². The molecule has 322 valence electrons. The van der Waals surface area contributed by atoms with Crippen molar-refractivity contribution in [2.24, 2.45) is 0 Å². The lowest BCUT2D eigenvalue weighted by Crippen LogP contribution is -2.37. The molecule has 0 rings (SSSR count). The molecule has 0 aromatic carbocycles. The van der Waals surface area contributed by atoms with E-state index < -0.39 is 13.9 Å². The Balaban J connectivity index is 4.24. The van der Waals surface area contributed by atoms with Crippen molar-refractivity contribution in [3.05, 3.63) is 48.6 Å². The monoisotopic (exact) mass is 796 g/mol. The number of phosphoric ester groups is 1. The van der Waals surface area contributed by atoms with Gasteiger partial charge in [-0.3, -0.25) is 9.36 Å². The van der Waals surface area contributed by atoms with Gasteiger partial charge in [0.1, 0.15) is 19.3 Å². The predicted octanol–water partition coefficient (Wildman–Crippen LogP) is 12.5. The van der Waals surface area contributed by atoms with E-state index in [1.165, 1.54) is 89.9 Å². The van der Waals surface area contributed by atoms with Crippen molar-refractivity contribution in [2.75, 3.05) is 54.1 Å². The second kappa shape index (κ2) is 39.3. The Morgan fingerprint density at radius 3 is 1.60 bits per heavy atom. The summed E-state index contributed by atoms with van der Waals surface area (Å²) in [5.41, 5.74) is 0. The lowest BCUT2D eigenvalue weighted by Gasteiger charge is -2.28. The van der Waals surface area contributed by atoms with Crippen LogP contribution in [0, 0.1) is 0 Å². The average molecular weight is 796 g/mol. The van der Waals surface area contributed by atoms with E-state index in [0.717, 1.165) is 70.6 Å². The number of carbonyl (C=O) groups is 1. The Kier molecular flexibility index (Phi) is 38.2. The maximum atomic E-state index is 12.7. The zero-order valence-corrected chi connectivity index (χ0v) is 37.3. The molecule has 2 atom stereocenters. The van der Waals surface area contributed by atoms with Crippen LogP contribution >= 0.6 is 7.82 Å². The van der Waals surface area contributed by atoms with Gasteiger partial charge in [0.2, 0.25) is 0 Å². The zero-order valence-electron chi connectivity index (χ0n) is 36.4. The lowest BCUT2D eigenvalue weighted by molar-refractivity contribution is -0.870. The minimum Gasteiger partial charge on any atom is -0.756 e. The van der Waals surface area contributed by atoms with Gasteiger partial charge in [0, 0.05) is 13.0 Å². The van der Waals surface area contributed by atoms with E-state index in [0.29, 0.717) is 24.1 Å². The summed E-state index contributed by atoms with van der Waals surface area (Å²) >= 11 is 0. The van der Waals surface area contributed by atoms with Crippen LogP contribution in [-0.4, -0.2) is 70.7 Å². The Hall–Kier alpha value is -1.54. The summed E-state index contributed by atoms with van der Waals surface area (Å²) in [6.07, 6.45) is 46.9. The van der Waals surface area contributed by atoms with E-state index in [9.17, 15) is 14.3 Å². The molecule has 0 saturated heterocycles. The van der Waals surface area contributed by atoms with Crippen molar-refractivity contribution in [1.82, 2.24) is 0 Å². The van der Waals surface area contributed by atoms with E-state index in [-0.39, 0.29) is 25.8 Å². The minimum atomic E-state index is -4.53. The Bertz CT molecular complexity index is 1020. The van der Waals surface area contributed by atoms with E-state index in [2.05, 4.69) is 62.5 Å². The Morgan fingerprint density at radius 1 is 0.582 bits per heavy atom. The van der Waals surface area contributed by atoms with E-state index in [4.69, 9.17) is 18.5 Å². The number of rotatable bonds is 41. The van der Waals surface area contributed by atoms with Gasteiger partial charge < -0.3 is 27.9 Å². The summed E-state index contributed by atoms with van der Waals surface area (Å²) in [5.74, 6) is -0.353.